The minimum Gasteiger partial charge on any atom is -0.334 e. The molecule has 1 fully saturated rings. The molecule has 0 aliphatic carbocycles. The largest absolute Gasteiger partial charge is 0.334 e. The molecule has 2 rings (SSSR count). The number of carbonyl (C=O) groups excluding carboxylic acids is 1. The molecule has 0 spiro atoms. The molecule has 0 N–H and O–H groups in total. The zero-order chi connectivity index (χ0) is 13.1. The number of hydrogen-bond donors (Lipinski definition) is 0. The van der Waals surface area contributed by atoms with E-state index in [1.165, 1.54) is 0 Å². The molecule has 1 aromatic carbocycles. The van der Waals surface area contributed by atoms with Gasteiger partial charge < -0.3 is 9.80 Å². The van der Waals surface area contributed by atoms with Gasteiger partial charge in [-0.05, 0) is 51.2 Å². The van der Waals surface area contributed by atoms with Crippen molar-refractivity contribution in [2.75, 3.05) is 27.2 Å². The third-order valence-corrected chi connectivity index (χ3v) is 3.83. The summed E-state index contributed by atoms with van der Waals surface area (Å²) in [5.41, 5.74) is 0.781. The fourth-order valence-electron chi connectivity index (χ4n) is 2.47. The second-order valence-electron chi connectivity index (χ2n) is 5.06. The van der Waals surface area contributed by atoms with Crippen LogP contribution in [0.15, 0.2) is 28.7 Å². The quantitative estimate of drug-likeness (QED) is 0.857. The number of halogens is 1. The van der Waals surface area contributed by atoms with Crippen LogP contribution in [0.2, 0.25) is 0 Å². The molecule has 1 aliphatic heterocycles. The Labute approximate surface area is 117 Å². The van der Waals surface area contributed by atoms with Gasteiger partial charge in [-0.3, -0.25) is 4.79 Å². The van der Waals surface area contributed by atoms with E-state index in [4.69, 9.17) is 0 Å². The highest BCUT2D eigenvalue weighted by atomic mass is 79.9. The van der Waals surface area contributed by atoms with Gasteiger partial charge in [0.2, 0.25) is 0 Å². The molecule has 4 heteroatoms. The Kier molecular flexibility index (Phi) is 4.40. The topological polar surface area (TPSA) is 23.6 Å². The van der Waals surface area contributed by atoms with E-state index in [1.54, 1.807) is 0 Å². The summed E-state index contributed by atoms with van der Waals surface area (Å²) in [4.78, 5) is 16.6. The van der Waals surface area contributed by atoms with Crippen LogP contribution < -0.4 is 0 Å². The van der Waals surface area contributed by atoms with Gasteiger partial charge in [0.15, 0.2) is 0 Å². The Hall–Kier alpha value is -0.870. The molecule has 1 heterocycles. The van der Waals surface area contributed by atoms with Gasteiger partial charge in [0, 0.05) is 29.2 Å². The van der Waals surface area contributed by atoms with E-state index in [2.05, 4.69) is 34.9 Å². The van der Waals surface area contributed by atoms with Gasteiger partial charge in [0.25, 0.3) is 5.91 Å². The van der Waals surface area contributed by atoms with Gasteiger partial charge in [-0.2, -0.15) is 0 Å². The lowest BCUT2D eigenvalue weighted by atomic mass is 10.1. The number of likely N-dealkylation sites (tertiary alicyclic amines) is 1. The van der Waals surface area contributed by atoms with Crippen molar-refractivity contribution in [3.8, 4) is 0 Å². The van der Waals surface area contributed by atoms with Crippen LogP contribution in [0.1, 0.15) is 23.2 Å². The molecule has 0 bridgehead atoms. The van der Waals surface area contributed by atoms with E-state index in [9.17, 15) is 4.79 Å². The molecule has 98 valence electrons. The highest BCUT2D eigenvalue weighted by Gasteiger charge is 2.29. The summed E-state index contributed by atoms with van der Waals surface area (Å²) < 4.78 is 1.00. The zero-order valence-corrected chi connectivity index (χ0v) is 12.5. The number of hydrogen-bond acceptors (Lipinski definition) is 2. The van der Waals surface area contributed by atoms with Crippen molar-refractivity contribution in [2.45, 2.75) is 18.9 Å². The van der Waals surface area contributed by atoms with Crippen molar-refractivity contribution in [2.24, 2.45) is 0 Å². The Bertz CT molecular complexity index is 416. The van der Waals surface area contributed by atoms with Crippen LogP contribution in [0.5, 0.6) is 0 Å². The van der Waals surface area contributed by atoms with Gasteiger partial charge in [-0.15, -0.1) is 0 Å². The summed E-state index contributed by atoms with van der Waals surface area (Å²) in [6.07, 6.45) is 2.22. The first-order valence-corrected chi connectivity index (χ1v) is 7.08. The lowest BCUT2D eigenvalue weighted by Gasteiger charge is -2.27. The maximum Gasteiger partial charge on any atom is 0.254 e. The van der Waals surface area contributed by atoms with Gasteiger partial charge in [0.1, 0.15) is 0 Å². The molecule has 1 aliphatic rings. The average molecular weight is 311 g/mol. The maximum absolute atomic E-state index is 12.4. The van der Waals surface area contributed by atoms with Crippen LogP contribution in [0.3, 0.4) is 0 Å². The molecule has 1 atom stereocenters. The molecular weight excluding hydrogens is 292 g/mol. The number of rotatable bonds is 3. The monoisotopic (exact) mass is 310 g/mol. The van der Waals surface area contributed by atoms with Crippen molar-refractivity contribution >= 4 is 21.8 Å². The second kappa shape index (κ2) is 5.85. The third-order valence-electron chi connectivity index (χ3n) is 3.31. The summed E-state index contributed by atoms with van der Waals surface area (Å²) in [6.45, 7) is 1.83. The van der Waals surface area contributed by atoms with Gasteiger partial charge in [0.05, 0.1) is 0 Å². The fourth-order valence-corrected chi connectivity index (χ4v) is 2.74. The van der Waals surface area contributed by atoms with Gasteiger partial charge >= 0.3 is 0 Å². The van der Waals surface area contributed by atoms with E-state index < -0.39 is 0 Å². The number of amides is 1. The lowest BCUT2D eigenvalue weighted by molar-refractivity contribution is 0.0716. The lowest BCUT2D eigenvalue weighted by Crippen LogP contribution is -2.41. The fraction of sp³-hybridized carbons (Fsp3) is 0.500. The summed E-state index contributed by atoms with van der Waals surface area (Å²) in [5, 5.41) is 0. The van der Waals surface area contributed by atoms with Crippen LogP contribution in [0.4, 0.5) is 0 Å². The van der Waals surface area contributed by atoms with Crippen molar-refractivity contribution in [1.82, 2.24) is 9.80 Å². The first-order valence-electron chi connectivity index (χ1n) is 6.29. The number of carbonyl (C=O) groups is 1. The first-order chi connectivity index (χ1) is 8.58. The Balaban J connectivity index is 2.10. The smallest absolute Gasteiger partial charge is 0.254 e. The highest BCUT2D eigenvalue weighted by molar-refractivity contribution is 9.10. The molecule has 1 aromatic rings. The average Bonchev–Trinajstić information content (AvgIpc) is 2.76. The summed E-state index contributed by atoms with van der Waals surface area (Å²) in [7, 11) is 4.11. The molecule has 0 unspecified atom stereocenters. The van der Waals surface area contributed by atoms with E-state index in [0.717, 1.165) is 36.0 Å². The Morgan fingerprint density at radius 2 is 2.06 bits per heavy atom. The number of likely N-dealkylation sites (N-methyl/N-ethyl adjacent to an activating group) is 1. The minimum atomic E-state index is 0.159. The van der Waals surface area contributed by atoms with Gasteiger partial charge in [-0.25, -0.2) is 0 Å². The third kappa shape index (κ3) is 3.12. The van der Waals surface area contributed by atoms with Crippen molar-refractivity contribution < 1.29 is 4.79 Å². The van der Waals surface area contributed by atoms with Crippen molar-refractivity contribution in [3.63, 3.8) is 0 Å². The predicted octanol–water partition coefficient (Wildman–Crippen LogP) is 2.62. The van der Waals surface area contributed by atoms with Crippen molar-refractivity contribution in [3.05, 3.63) is 34.3 Å². The second-order valence-corrected chi connectivity index (χ2v) is 5.98. The van der Waals surface area contributed by atoms with Crippen LogP contribution in [0.25, 0.3) is 0 Å². The van der Waals surface area contributed by atoms with Crippen LogP contribution >= 0.6 is 15.9 Å². The Morgan fingerprint density at radius 3 is 2.67 bits per heavy atom. The van der Waals surface area contributed by atoms with Gasteiger partial charge in [-0.1, -0.05) is 15.9 Å². The molecule has 0 aromatic heterocycles. The zero-order valence-electron chi connectivity index (χ0n) is 10.9. The maximum atomic E-state index is 12.4. The standard InChI is InChI=1S/C14H19BrN2O/c1-16(2)10-13-4-3-9-17(13)14(18)11-5-7-12(15)8-6-11/h5-8,13H,3-4,9-10H2,1-2H3/t13-/m0/s1. The van der Waals surface area contributed by atoms with E-state index in [0.29, 0.717) is 6.04 Å². The molecule has 3 nitrogen and oxygen atoms in total. The van der Waals surface area contributed by atoms with Crippen LogP contribution in [-0.2, 0) is 0 Å². The summed E-state index contributed by atoms with van der Waals surface area (Å²) in [5.74, 6) is 0.159. The summed E-state index contributed by atoms with van der Waals surface area (Å²) in [6, 6.07) is 7.97. The summed E-state index contributed by atoms with van der Waals surface area (Å²) >= 11 is 3.39. The predicted molar refractivity (Wildman–Crippen MR) is 76.8 cm³/mol. The number of nitrogens with zero attached hydrogens (tertiary/aromatic N) is 2. The van der Waals surface area contributed by atoms with Crippen LogP contribution in [-0.4, -0.2) is 48.9 Å². The highest BCUT2D eigenvalue weighted by Crippen LogP contribution is 2.21. The minimum absolute atomic E-state index is 0.159. The van der Waals surface area contributed by atoms with E-state index in [1.807, 2.05) is 29.2 Å². The number of benzene rings is 1. The molecule has 18 heavy (non-hydrogen) atoms. The molecular formula is C14H19BrN2O. The first kappa shape index (κ1) is 13.6. The molecule has 1 saturated heterocycles. The van der Waals surface area contributed by atoms with E-state index >= 15 is 0 Å². The van der Waals surface area contributed by atoms with E-state index in [-0.39, 0.29) is 5.91 Å². The van der Waals surface area contributed by atoms with Crippen molar-refractivity contribution in [1.29, 1.82) is 0 Å². The Morgan fingerprint density at radius 1 is 1.39 bits per heavy atom. The van der Waals surface area contributed by atoms with Crippen LogP contribution in [0, 0.1) is 0 Å². The SMILES string of the molecule is CN(C)C[C@@H]1CCCN1C(=O)c1ccc(Br)cc1. The molecule has 1 amide bonds. The normalized spacial score (nSPS) is 19.6. The molecule has 0 radical (unpaired) electrons. The molecule has 0 saturated carbocycles.